The summed E-state index contributed by atoms with van der Waals surface area (Å²) in [6.45, 7) is 13.7. The zero-order valence-electron chi connectivity index (χ0n) is 59.2. The van der Waals surface area contributed by atoms with Gasteiger partial charge in [-0.15, -0.1) is 0 Å². The number of furan rings is 5. The average Bonchev–Trinajstić information content (AvgIpc) is 1.63. The van der Waals surface area contributed by atoms with Crippen LogP contribution >= 0.6 is 190 Å². The van der Waals surface area contributed by atoms with E-state index in [0.717, 1.165) is 55.0 Å². The molecule has 0 saturated heterocycles. The zero-order valence-corrected chi connectivity index (χ0v) is 77.5. The first kappa shape index (κ1) is 84.2. The highest BCUT2D eigenvalue weighted by atomic mass is 127. The lowest BCUT2D eigenvalue weighted by Gasteiger charge is -2.08. The van der Waals surface area contributed by atoms with Gasteiger partial charge in [0.1, 0.15) is 85.5 Å². The number of fused-ring (bicyclic) bond motifs is 5. The van der Waals surface area contributed by atoms with Crippen molar-refractivity contribution in [3.8, 4) is 28.7 Å². The van der Waals surface area contributed by atoms with E-state index in [2.05, 4.69) is 45.7 Å². The van der Waals surface area contributed by atoms with Crippen molar-refractivity contribution in [1.29, 1.82) is 0 Å². The van der Waals surface area contributed by atoms with E-state index < -0.39 is 0 Å². The predicted molar refractivity (Wildman–Crippen MR) is 495 cm³/mol. The molecule has 0 fully saturated rings. The number of para-hydroxylation sites is 4. The van der Waals surface area contributed by atoms with E-state index in [1.54, 1.807) is 74.5 Å². The molecular weight excluding hydrogens is 2320 g/mol. The molecule has 560 valence electrons. The second-order valence-corrected chi connectivity index (χ2v) is 35.4. The minimum absolute atomic E-state index is 0.0635. The van der Waals surface area contributed by atoms with Gasteiger partial charge in [0.2, 0.25) is 0 Å². The van der Waals surface area contributed by atoms with Crippen molar-refractivity contribution >= 4 is 274 Å². The van der Waals surface area contributed by atoms with E-state index in [0.29, 0.717) is 149 Å². The molecule has 0 aliphatic heterocycles. The third kappa shape index (κ3) is 18.4. The summed E-state index contributed by atoms with van der Waals surface area (Å²) in [4.78, 5) is 64.6. The Bertz CT molecular complexity index is 6050. The van der Waals surface area contributed by atoms with Crippen LogP contribution in [0.15, 0.2) is 213 Å². The van der Waals surface area contributed by atoms with E-state index >= 15 is 0 Å². The minimum Gasteiger partial charge on any atom is -0.507 e. The van der Waals surface area contributed by atoms with Gasteiger partial charge in [-0.1, -0.05) is 113 Å². The molecule has 0 aliphatic carbocycles. The Morgan fingerprint density at radius 3 is 1.01 bits per heavy atom. The summed E-state index contributed by atoms with van der Waals surface area (Å²) in [6.07, 6.45) is 2.00. The summed E-state index contributed by atoms with van der Waals surface area (Å²) in [5.74, 6) is 4.17. The third-order valence-electron chi connectivity index (χ3n) is 17.5. The standard InChI is InChI=1S/C19H16I2O3.C18H14Br2O3.C17H12I2O3.C16H10I2O3.C16H11IO3/c1-10(2)7-16-17(12-5-3-4-6-15(12)24-16)18(22)11-8-13(20)19(23)14(21)9-11;1-3-14-16(11-5-4-9(2)6-15(11)23-14)17(21)10-7-12(19)18(22)13(20)8-10;1-2-13-15(10-5-3-4-6-14(10)22-13)16(20)9-7-11(18)17(21)12(19)8-9;1-8-14(10-4-2-3-5-13(10)21-8)15(19)9-6-11(17)16(20)12(18)7-9;1-9-15(11-4-2-3-5-14(11)20-9)16(19)10-6-7-13(18)12(17)8-10/h3-6,8-10,23H,7H2,1-2H3;4-8,22H,3H2,1-2H3;3-8,21H,2H2,1H3;2-7,20H,1H3;2-8,18H,1H3. The molecule has 0 unspecified atom stereocenters. The van der Waals surface area contributed by atoms with Crippen LogP contribution in [0.5, 0.6) is 28.7 Å². The number of aryl methyl sites for hydroxylation is 5. The number of hydrogen-bond acceptors (Lipinski definition) is 15. The van der Waals surface area contributed by atoms with Gasteiger partial charge in [-0.05, 0) is 319 Å². The fourth-order valence-corrected chi connectivity index (χ4v) is 19.3. The van der Waals surface area contributed by atoms with Crippen LogP contribution in [0, 0.1) is 51.7 Å². The van der Waals surface area contributed by atoms with Gasteiger partial charge in [-0.2, -0.15) is 0 Å². The van der Waals surface area contributed by atoms with Crippen molar-refractivity contribution in [2.75, 3.05) is 0 Å². The lowest BCUT2D eigenvalue weighted by Crippen LogP contribution is -2.06. The Labute approximate surface area is 744 Å². The number of benzene rings is 10. The fourth-order valence-electron chi connectivity index (χ4n) is 12.3. The predicted octanol–water partition coefficient (Wildman–Crippen LogP) is 25.9. The molecule has 0 amide bonds. The topological polar surface area (TPSA) is 252 Å². The first-order chi connectivity index (χ1) is 52.4. The van der Waals surface area contributed by atoms with Crippen molar-refractivity contribution in [3.05, 3.63) is 306 Å². The summed E-state index contributed by atoms with van der Waals surface area (Å²) in [7, 11) is 0. The van der Waals surface area contributed by atoms with Gasteiger partial charge >= 0.3 is 0 Å². The molecule has 5 heterocycles. The smallest absolute Gasteiger partial charge is 0.197 e. The molecule has 10 aromatic carbocycles. The summed E-state index contributed by atoms with van der Waals surface area (Å²) in [5, 5.41) is 53.1. The number of ketones is 5. The maximum atomic E-state index is 13.2. The molecule has 5 aromatic heterocycles. The number of hydrogen-bond donors (Lipinski definition) is 5. The molecule has 0 spiro atoms. The molecule has 5 N–H and O–H groups in total. The summed E-state index contributed by atoms with van der Waals surface area (Å²) < 4.78 is 34.5. The molecule has 0 atom stereocenters. The number of carbonyl (C=O) groups excluding carboxylic acids is 5. The van der Waals surface area contributed by atoms with Crippen LogP contribution in [0.3, 0.4) is 0 Å². The zero-order chi connectivity index (χ0) is 79.4. The molecule has 0 aliphatic rings. The number of halogens is 9. The molecule has 110 heavy (non-hydrogen) atoms. The van der Waals surface area contributed by atoms with Crippen LogP contribution in [0.4, 0.5) is 0 Å². The van der Waals surface area contributed by atoms with E-state index in [1.165, 1.54) is 6.07 Å². The van der Waals surface area contributed by atoms with Gasteiger partial charge in [0, 0.05) is 74.0 Å². The number of aromatic hydroxyl groups is 5. The minimum atomic E-state index is -0.120. The van der Waals surface area contributed by atoms with Gasteiger partial charge in [0.05, 0.1) is 61.8 Å². The van der Waals surface area contributed by atoms with Gasteiger partial charge in [0.15, 0.2) is 28.9 Å². The van der Waals surface area contributed by atoms with Crippen LogP contribution in [-0.2, 0) is 19.3 Å². The molecule has 15 nitrogen and oxygen atoms in total. The molecule has 0 saturated carbocycles. The molecule has 0 bridgehead atoms. The maximum Gasteiger partial charge on any atom is 0.197 e. The second-order valence-electron chi connectivity index (χ2n) is 25.5. The average molecular weight is 2380 g/mol. The van der Waals surface area contributed by atoms with Gasteiger partial charge in [0.25, 0.3) is 0 Å². The number of rotatable bonds is 14. The van der Waals surface area contributed by atoms with Crippen molar-refractivity contribution < 1.29 is 71.6 Å². The van der Waals surface area contributed by atoms with Crippen LogP contribution < -0.4 is 0 Å². The highest BCUT2D eigenvalue weighted by Crippen LogP contribution is 2.40. The highest BCUT2D eigenvalue weighted by Gasteiger charge is 2.28. The summed E-state index contributed by atoms with van der Waals surface area (Å²) in [6, 6.07) is 54.4. The van der Waals surface area contributed by atoms with Crippen molar-refractivity contribution in [2.45, 2.75) is 67.7 Å². The molecule has 24 heteroatoms. The van der Waals surface area contributed by atoms with Crippen LogP contribution in [0.1, 0.15) is 142 Å². The largest absolute Gasteiger partial charge is 0.507 e. The quantitative estimate of drug-likeness (QED) is 0.0501. The lowest BCUT2D eigenvalue weighted by atomic mass is 9.97. The Balaban J connectivity index is 0.000000137. The third-order valence-corrected chi connectivity index (χ3v) is 24.5. The van der Waals surface area contributed by atoms with Gasteiger partial charge in [-0.25, -0.2) is 0 Å². The Hall–Kier alpha value is -6.68. The van der Waals surface area contributed by atoms with E-state index in [1.807, 2.05) is 294 Å². The van der Waals surface area contributed by atoms with Crippen LogP contribution in [-0.4, -0.2) is 54.4 Å². The molecule has 15 rings (SSSR count). The van der Waals surface area contributed by atoms with Crippen molar-refractivity contribution in [1.82, 2.24) is 0 Å². The second kappa shape index (κ2) is 36.6. The molecule has 0 radical (unpaired) electrons. The molecule has 15 aromatic rings. The first-order valence-corrected chi connectivity index (χ1v) is 43.0. The first-order valence-electron chi connectivity index (χ1n) is 33.8. The summed E-state index contributed by atoms with van der Waals surface area (Å²) >= 11 is 20.7. The fraction of sp³-hybridized carbons (Fsp3) is 0.128. The van der Waals surface area contributed by atoms with Crippen molar-refractivity contribution in [3.63, 3.8) is 0 Å². The van der Waals surface area contributed by atoms with E-state index in [4.69, 9.17) is 22.1 Å². The van der Waals surface area contributed by atoms with Crippen LogP contribution in [0.2, 0.25) is 0 Å². The number of phenols is 5. The normalized spacial score (nSPS) is 11.1. The van der Waals surface area contributed by atoms with E-state index in [-0.39, 0.29) is 57.7 Å². The summed E-state index contributed by atoms with van der Waals surface area (Å²) in [5.41, 5.74) is 10.4. The SMILES string of the molecule is CC(C)Cc1oc2ccccc2c1C(=O)c1cc(I)c(O)c(I)c1.CCc1oc2cc(C)ccc2c1C(=O)c1cc(Br)c(O)c(Br)c1.CCc1oc2ccccc2c1C(=O)c1cc(I)c(O)c(I)c1.Cc1oc2ccccc2c1C(=O)c1cc(I)c(O)c(I)c1.Cc1oc2ccccc2c1C(=O)c1ccc(O)c(I)c1. The number of phenolic OH excluding ortho intramolecular Hbond substituents is 5. The number of carbonyl (C=O) groups is 5. The maximum absolute atomic E-state index is 13.2. The Morgan fingerprint density at radius 2 is 0.636 bits per heavy atom. The Kier molecular flexibility index (Phi) is 28.1. The molecular formula is C86H63Br2I7O15. The van der Waals surface area contributed by atoms with Gasteiger partial charge < -0.3 is 47.6 Å². The van der Waals surface area contributed by atoms with Crippen LogP contribution in [0.25, 0.3) is 54.8 Å². The Morgan fingerprint density at radius 1 is 0.336 bits per heavy atom. The van der Waals surface area contributed by atoms with E-state index in [9.17, 15) is 49.5 Å². The van der Waals surface area contributed by atoms with Gasteiger partial charge in [-0.3, -0.25) is 24.0 Å². The lowest BCUT2D eigenvalue weighted by molar-refractivity contribution is 0.103. The van der Waals surface area contributed by atoms with Crippen molar-refractivity contribution in [2.24, 2.45) is 5.92 Å². The monoisotopic (exact) mass is 2380 g/mol. The highest BCUT2D eigenvalue weighted by molar-refractivity contribution is 14.1.